The van der Waals surface area contributed by atoms with Crippen molar-refractivity contribution in [3.05, 3.63) is 45.5 Å². The van der Waals surface area contributed by atoms with Gasteiger partial charge in [-0.25, -0.2) is 4.79 Å². The second kappa shape index (κ2) is 11.2. The van der Waals surface area contributed by atoms with E-state index in [1.165, 1.54) is 24.3 Å². The number of rotatable bonds is 11. The van der Waals surface area contributed by atoms with Crippen molar-refractivity contribution in [2.75, 3.05) is 19.8 Å². The molecule has 27 heavy (non-hydrogen) atoms. The standard InChI is InChI=1S/C19H25NO7/c1-5-25-19(26-6-2)17(21)16(18(22)27-12-13(3)4)11-14-8-7-9-15(10-14)20(23)24/h7-11,13,19H,5-6,12H2,1-4H3/b16-11-. The number of nitro benzene ring substituents is 1. The first kappa shape index (κ1) is 22.5. The molecule has 0 fully saturated rings. The zero-order chi connectivity index (χ0) is 20.4. The Hall–Kier alpha value is -2.58. The third kappa shape index (κ3) is 7.28. The summed E-state index contributed by atoms with van der Waals surface area (Å²) in [5.74, 6) is -1.44. The Bertz CT molecular complexity index is 691. The van der Waals surface area contributed by atoms with Crippen LogP contribution < -0.4 is 0 Å². The fraction of sp³-hybridized carbons (Fsp3) is 0.474. The van der Waals surface area contributed by atoms with E-state index in [0.717, 1.165) is 0 Å². The van der Waals surface area contributed by atoms with Gasteiger partial charge in [0, 0.05) is 25.3 Å². The quantitative estimate of drug-likeness (QED) is 0.111. The Morgan fingerprint density at radius 2 is 1.81 bits per heavy atom. The third-order valence-corrected chi connectivity index (χ3v) is 3.28. The molecule has 0 aliphatic heterocycles. The fourth-order valence-corrected chi connectivity index (χ4v) is 2.07. The first-order valence-electron chi connectivity index (χ1n) is 8.70. The molecule has 0 atom stereocenters. The number of hydrogen-bond acceptors (Lipinski definition) is 7. The van der Waals surface area contributed by atoms with Gasteiger partial charge in [0.2, 0.25) is 12.1 Å². The van der Waals surface area contributed by atoms with Crippen molar-refractivity contribution >= 4 is 23.5 Å². The number of nitrogens with zero attached hydrogens (tertiary/aromatic N) is 1. The van der Waals surface area contributed by atoms with Gasteiger partial charge in [-0.2, -0.15) is 0 Å². The van der Waals surface area contributed by atoms with Crippen molar-refractivity contribution in [2.24, 2.45) is 5.92 Å². The van der Waals surface area contributed by atoms with Gasteiger partial charge < -0.3 is 14.2 Å². The second-order valence-electron chi connectivity index (χ2n) is 6.01. The van der Waals surface area contributed by atoms with Crippen LogP contribution in [0.1, 0.15) is 33.3 Å². The molecule has 0 bridgehead atoms. The minimum Gasteiger partial charge on any atom is -0.462 e. The largest absolute Gasteiger partial charge is 0.462 e. The average molecular weight is 379 g/mol. The normalized spacial score (nSPS) is 11.7. The van der Waals surface area contributed by atoms with Crippen LogP contribution in [0.25, 0.3) is 6.08 Å². The Labute approximate surface area is 158 Å². The van der Waals surface area contributed by atoms with E-state index in [4.69, 9.17) is 14.2 Å². The number of carbonyl (C=O) groups excluding carboxylic acids is 2. The van der Waals surface area contributed by atoms with Gasteiger partial charge in [0.05, 0.1) is 11.5 Å². The minimum atomic E-state index is -1.25. The van der Waals surface area contributed by atoms with Crippen LogP contribution in [0, 0.1) is 16.0 Å². The Morgan fingerprint density at radius 3 is 2.33 bits per heavy atom. The number of nitro groups is 1. The fourth-order valence-electron chi connectivity index (χ4n) is 2.07. The summed E-state index contributed by atoms with van der Waals surface area (Å²) in [4.78, 5) is 35.6. The molecular weight excluding hydrogens is 354 g/mol. The van der Waals surface area contributed by atoms with Crippen molar-refractivity contribution in [3.63, 3.8) is 0 Å². The number of ether oxygens (including phenoxy) is 3. The predicted molar refractivity (Wildman–Crippen MR) is 98.9 cm³/mol. The summed E-state index contributed by atoms with van der Waals surface area (Å²) in [5.41, 5.74) is -0.124. The summed E-state index contributed by atoms with van der Waals surface area (Å²) >= 11 is 0. The molecule has 0 N–H and O–H groups in total. The summed E-state index contributed by atoms with van der Waals surface area (Å²) in [6, 6.07) is 5.60. The molecule has 0 radical (unpaired) electrons. The summed E-state index contributed by atoms with van der Waals surface area (Å²) in [6.07, 6.45) is -0.000187. The smallest absolute Gasteiger partial charge is 0.342 e. The van der Waals surface area contributed by atoms with Crippen molar-refractivity contribution in [1.82, 2.24) is 0 Å². The van der Waals surface area contributed by atoms with E-state index in [1.807, 2.05) is 13.8 Å². The monoisotopic (exact) mass is 379 g/mol. The van der Waals surface area contributed by atoms with E-state index < -0.39 is 23.0 Å². The Balaban J connectivity index is 3.27. The highest BCUT2D eigenvalue weighted by atomic mass is 16.7. The molecule has 0 unspecified atom stereocenters. The molecule has 1 aromatic carbocycles. The zero-order valence-corrected chi connectivity index (χ0v) is 16.0. The number of Topliss-reactive ketones (excluding diaryl/α,β-unsaturated/α-hetero) is 1. The molecule has 0 heterocycles. The highest BCUT2D eigenvalue weighted by Crippen LogP contribution is 2.18. The van der Waals surface area contributed by atoms with Crippen molar-refractivity contribution in [3.8, 4) is 0 Å². The lowest BCUT2D eigenvalue weighted by molar-refractivity contribution is -0.384. The molecule has 0 aromatic heterocycles. The molecule has 1 aromatic rings. The number of ketones is 1. The highest BCUT2D eigenvalue weighted by Gasteiger charge is 2.29. The van der Waals surface area contributed by atoms with Crippen molar-refractivity contribution < 1.29 is 28.7 Å². The lowest BCUT2D eigenvalue weighted by Gasteiger charge is -2.17. The van der Waals surface area contributed by atoms with Crippen molar-refractivity contribution in [1.29, 1.82) is 0 Å². The van der Waals surface area contributed by atoms with Gasteiger partial charge in [-0.3, -0.25) is 14.9 Å². The van der Waals surface area contributed by atoms with Crippen LogP contribution in [0.15, 0.2) is 29.8 Å². The highest BCUT2D eigenvalue weighted by molar-refractivity contribution is 6.21. The Morgan fingerprint density at radius 1 is 1.19 bits per heavy atom. The van der Waals surface area contributed by atoms with Gasteiger partial charge in [-0.15, -0.1) is 0 Å². The van der Waals surface area contributed by atoms with E-state index in [2.05, 4.69) is 0 Å². The molecule has 0 amide bonds. The first-order valence-corrected chi connectivity index (χ1v) is 8.70. The van der Waals surface area contributed by atoms with Crippen LogP contribution in [-0.2, 0) is 23.8 Å². The summed E-state index contributed by atoms with van der Waals surface area (Å²) in [5, 5.41) is 10.9. The van der Waals surface area contributed by atoms with E-state index in [1.54, 1.807) is 19.9 Å². The summed E-state index contributed by atoms with van der Waals surface area (Å²) in [6.45, 7) is 7.67. The lowest BCUT2D eigenvalue weighted by Crippen LogP contribution is -2.32. The topological polar surface area (TPSA) is 105 Å². The number of benzene rings is 1. The van der Waals surface area contributed by atoms with Gasteiger partial charge in [-0.1, -0.05) is 26.0 Å². The van der Waals surface area contributed by atoms with Gasteiger partial charge in [0.15, 0.2) is 0 Å². The van der Waals surface area contributed by atoms with E-state index in [-0.39, 0.29) is 37.0 Å². The predicted octanol–water partition coefficient (Wildman–Crippen LogP) is 3.15. The molecule has 0 saturated carbocycles. The van der Waals surface area contributed by atoms with Crippen LogP contribution in [0.3, 0.4) is 0 Å². The molecule has 0 spiro atoms. The Kier molecular flexibility index (Phi) is 9.32. The van der Waals surface area contributed by atoms with Gasteiger partial charge in [-0.05, 0) is 31.4 Å². The van der Waals surface area contributed by atoms with Gasteiger partial charge in [0.1, 0.15) is 5.57 Å². The maximum Gasteiger partial charge on any atom is 0.342 e. The summed E-state index contributed by atoms with van der Waals surface area (Å²) < 4.78 is 15.7. The average Bonchev–Trinajstić information content (AvgIpc) is 2.63. The number of carbonyl (C=O) groups is 2. The van der Waals surface area contributed by atoms with E-state index in [0.29, 0.717) is 5.56 Å². The molecule has 1 rings (SSSR count). The molecule has 0 aliphatic carbocycles. The third-order valence-electron chi connectivity index (χ3n) is 3.28. The zero-order valence-electron chi connectivity index (χ0n) is 16.0. The lowest BCUT2D eigenvalue weighted by atomic mass is 10.1. The maximum atomic E-state index is 12.8. The van der Waals surface area contributed by atoms with Gasteiger partial charge >= 0.3 is 5.97 Å². The molecule has 148 valence electrons. The number of esters is 1. The SMILES string of the molecule is CCOC(OCC)C(=O)/C(=C/c1cccc([N+](=O)[O-])c1)C(=O)OCC(C)C. The molecule has 0 aliphatic rings. The first-order chi connectivity index (χ1) is 12.8. The van der Waals surface area contributed by atoms with E-state index in [9.17, 15) is 19.7 Å². The molecule has 0 saturated heterocycles. The molecule has 8 nitrogen and oxygen atoms in total. The second-order valence-corrected chi connectivity index (χ2v) is 6.01. The summed E-state index contributed by atoms with van der Waals surface area (Å²) in [7, 11) is 0. The number of non-ortho nitro benzene ring substituents is 1. The van der Waals surface area contributed by atoms with Crippen molar-refractivity contribution in [2.45, 2.75) is 34.0 Å². The van der Waals surface area contributed by atoms with Crippen LogP contribution in [0.2, 0.25) is 0 Å². The van der Waals surface area contributed by atoms with Crippen LogP contribution >= 0.6 is 0 Å². The number of hydrogen-bond donors (Lipinski definition) is 0. The van der Waals surface area contributed by atoms with Crippen LogP contribution in [-0.4, -0.2) is 42.8 Å². The molecule has 8 heteroatoms. The van der Waals surface area contributed by atoms with E-state index >= 15 is 0 Å². The molecular formula is C19H25NO7. The van der Waals surface area contributed by atoms with Gasteiger partial charge in [0.25, 0.3) is 5.69 Å². The van der Waals surface area contributed by atoms with Crippen LogP contribution in [0.4, 0.5) is 5.69 Å². The maximum absolute atomic E-state index is 12.8. The van der Waals surface area contributed by atoms with Crippen LogP contribution in [0.5, 0.6) is 0 Å². The minimum absolute atomic E-state index is 0.0812.